The summed E-state index contributed by atoms with van der Waals surface area (Å²) in [5, 5.41) is 18.6. The van der Waals surface area contributed by atoms with Gasteiger partial charge in [-0.2, -0.15) is 0 Å². The Bertz CT molecular complexity index is 451. The summed E-state index contributed by atoms with van der Waals surface area (Å²) in [5.74, 6) is 0.329. The van der Waals surface area contributed by atoms with E-state index in [2.05, 4.69) is 0 Å². The highest BCUT2D eigenvalue weighted by atomic mass is 16.5. The summed E-state index contributed by atoms with van der Waals surface area (Å²) in [5.41, 5.74) is 2.69. The Morgan fingerprint density at radius 1 is 1.53 bits per heavy atom. The van der Waals surface area contributed by atoms with Gasteiger partial charge in [0.05, 0.1) is 6.61 Å². The van der Waals surface area contributed by atoms with E-state index in [1.165, 1.54) is 0 Å². The molecule has 0 aliphatic carbocycles. The van der Waals surface area contributed by atoms with Gasteiger partial charge in [-0.3, -0.25) is 4.79 Å². The molecule has 0 aromatic heterocycles. The minimum absolute atomic E-state index is 0.128. The van der Waals surface area contributed by atoms with Crippen LogP contribution >= 0.6 is 0 Å². The first kappa shape index (κ1) is 11.8. The van der Waals surface area contributed by atoms with E-state index in [9.17, 15) is 9.90 Å². The number of fused-ring (bicyclic) bond motifs is 1. The first-order valence-corrected chi connectivity index (χ1v) is 5.78. The number of aryl methyl sites for hydroxylation is 1. The second kappa shape index (κ2) is 4.65. The van der Waals surface area contributed by atoms with E-state index in [4.69, 9.17) is 9.84 Å². The zero-order valence-corrected chi connectivity index (χ0v) is 9.82. The van der Waals surface area contributed by atoms with Gasteiger partial charge in [0, 0.05) is 24.0 Å². The lowest BCUT2D eigenvalue weighted by molar-refractivity contribution is -0.137. The Kier molecular flexibility index (Phi) is 3.22. The van der Waals surface area contributed by atoms with Crippen LogP contribution < -0.4 is 4.74 Å². The molecule has 0 atom stereocenters. The fourth-order valence-corrected chi connectivity index (χ4v) is 2.23. The average molecular weight is 236 g/mol. The Morgan fingerprint density at radius 3 is 3.00 bits per heavy atom. The molecule has 0 saturated heterocycles. The molecule has 4 heteroatoms. The molecule has 92 valence electrons. The van der Waals surface area contributed by atoms with Gasteiger partial charge in [0.2, 0.25) is 0 Å². The van der Waals surface area contributed by atoms with Crippen molar-refractivity contribution in [2.24, 2.45) is 0 Å². The van der Waals surface area contributed by atoms with Gasteiger partial charge in [-0.25, -0.2) is 0 Å². The highest BCUT2D eigenvalue weighted by Gasteiger charge is 2.20. The molecule has 1 aliphatic rings. The third-order valence-corrected chi connectivity index (χ3v) is 3.10. The number of phenols is 1. The molecule has 1 aromatic rings. The van der Waals surface area contributed by atoms with Crippen molar-refractivity contribution in [2.75, 3.05) is 6.61 Å². The van der Waals surface area contributed by atoms with Gasteiger partial charge in [0.1, 0.15) is 11.5 Å². The topological polar surface area (TPSA) is 66.8 Å². The number of hydrogen-bond donors (Lipinski definition) is 2. The molecule has 0 fully saturated rings. The number of carboxylic acid groups (broad SMARTS) is 1. The van der Waals surface area contributed by atoms with Crippen LogP contribution in [0.3, 0.4) is 0 Å². The molecule has 0 unspecified atom stereocenters. The van der Waals surface area contributed by atoms with Gasteiger partial charge in [-0.1, -0.05) is 0 Å². The van der Waals surface area contributed by atoms with Crippen molar-refractivity contribution in [1.29, 1.82) is 0 Å². The summed E-state index contributed by atoms with van der Waals surface area (Å²) < 4.78 is 5.47. The van der Waals surface area contributed by atoms with Gasteiger partial charge in [-0.05, 0) is 31.4 Å². The molecule has 1 aliphatic heterocycles. The molecule has 0 spiro atoms. The van der Waals surface area contributed by atoms with Crippen LogP contribution in [-0.4, -0.2) is 22.8 Å². The maximum absolute atomic E-state index is 10.5. The second-order valence-electron chi connectivity index (χ2n) is 4.34. The minimum atomic E-state index is -0.801. The highest BCUT2D eigenvalue weighted by molar-refractivity contribution is 5.66. The SMILES string of the molecule is Cc1cc2c(c(CCCC(=O)O)c1O)CCO2. The number of benzene rings is 1. The molecule has 0 saturated carbocycles. The van der Waals surface area contributed by atoms with Crippen LogP contribution in [0.4, 0.5) is 0 Å². The van der Waals surface area contributed by atoms with E-state index >= 15 is 0 Å². The Hall–Kier alpha value is -1.71. The lowest BCUT2D eigenvalue weighted by Crippen LogP contribution is -1.99. The normalized spacial score (nSPS) is 13.2. The van der Waals surface area contributed by atoms with Crippen LogP contribution in [0.15, 0.2) is 6.07 Å². The Labute approximate surface area is 99.8 Å². The second-order valence-corrected chi connectivity index (χ2v) is 4.34. The van der Waals surface area contributed by atoms with Gasteiger partial charge in [-0.15, -0.1) is 0 Å². The number of aliphatic carboxylic acids is 1. The number of aromatic hydroxyl groups is 1. The van der Waals surface area contributed by atoms with Crippen LogP contribution in [-0.2, 0) is 17.6 Å². The lowest BCUT2D eigenvalue weighted by Gasteiger charge is -2.11. The number of carbonyl (C=O) groups is 1. The van der Waals surface area contributed by atoms with E-state index < -0.39 is 5.97 Å². The Balaban J connectivity index is 2.23. The molecule has 0 radical (unpaired) electrons. The molecule has 4 nitrogen and oxygen atoms in total. The highest BCUT2D eigenvalue weighted by Crippen LogP contribution is 2.37. The smallest absolute Gasteiger partial charge is 0.303 e. The monoisotopic (exact) mass is 236 g/mol. The number of carboxylic acids is 1. The molecule has 0 bridgehead atoms. The average Bonchev–Trinajstić information content (AvgIpc) is 2.70. The molecule has 2 N–H and O–H groups in total. The molecule has 1 aromatic carbocycles. The van der Waals surface area contributed by atoms with Crippen LogP contribution in [0, 0.1) is 6.92 Å². The third-order valence-electron chi connectivity index (χ3n) is 3.10. The predicted molar refractivity (Wildman–Crippen MR) is 62.6 cm³/mol. The molecule has 1 heterocycles. The van der Waals surface area contributed by atoms with Crippen molar-refractivity contribution < 1.29 is 19.7 Å². The van der Waals surface area contributed by atoms with E-state index in [0.29, 0.717) is 25.2 Å². The lowest BCUT2D eigenvalue weighted by atomic mass is 9.96. The van der Waals surface area contributed by atoms with Crippen LogP contribution in [0.5, 0.6) is 11.5 Å². The van der Waals surface area contributed by atoms with Gasteiger partial charge >= 0.3 is 5.97 Å². The maximum Gasteiger partial charge on any atom is 0.303 e. The standard InChI is InChI=1S/C13H16O4/c1-8-7-11-9(5-6-17-11)10(13(8)16)3-2-4-12(14)15/h7,16H,2-6H2,1H3,(H,14,15). The summed E-state index contributed by atoms with van der Waals surface area (Å²) in [7, 11) is 0. The summed E-state index contributed by atoms with van der Waals surface area (Å²) in [6.45, 7) is 2.47. The zero-order chi connectivity index (χ0) is 12.4. The summed E-state index contributed by atoms with van der Waals surface area (Å²) in [4.78, 5) is 10.5. The fraction of sp³-hybridized carbons (Fsp3) is 0.462. The quantitative estimate of drug-likeness (QED) is 0.839. The molecule has 2 rings (SSSR count). The summed E-state index contributed by atoms with van der Waals surface area (Å²) in [6, 6.07) is 1.85. The number of hydrogen-bond acceptors (Lipinski definition) is 3. The van der Waals surface area contributed by atoms with Crippen molar-refractivity contribution in [3.05, 3.63) is 22.8 Å². The predicted octanol–water partition coefficient (Wildman–Crippen LogP) is 2.04. The van der Waals surface area contributed by atoms with E-state index in [1.807, 2.05) is 13.0 Å². The Morgan fingerprint density at radius 2 is 2.29 bits per heavy atom. The van der Waals surface area contributed by atoms with Crippen molar-refractivity contribution in [3.63, 3.8) is 0 Å². The largest absolute Gasteiger partial charge is 0.507 e. The van der Waals surface area contributed by atoms with Crippen LogP contribution in [0.2, 0.25) is 0 Å². The van der Waals surface area contributed by atoms with Crippen molar-refractivity contribution in [2.45, 2.75) is 32.6 Å². The molecular formula is C13H16O4. The van der Waals surface area contributed by atoms with E-state index in [0.717, 1.165) is 28.9 Å². The first-order valence-electron chi connectivity index (χ1n) is 5.78. The molecular weight excluding hydrogens is 220 g/mol. The molecule has 17 heavy (non-hydrogen) atoms. The van der Waals surface area contributed by atoms with Crippen LogP contribution in [0.25, 0.3) is 0 Å². The summed E-state index contributed by atoms with van der Waals surface area (Å²) in [6.07, 6.45) is 2.05. The van der Waals surface area contributed by atoms with Crippen molar-refractivity contribution >= 4 is 5.97 Å². The van der Waals surface area contributed by atoms with E-state index in [1.54, 1.807) is 0 Å². The number of ether oxygens (including phenoxy) is 1. The molecule has 0 amide bonds. The fourth-order valence-electron chi connectivity index (χ4n) is 2.23. The minimum Gasteiger partial charge on any atom is -0.507 e. The third kappa shape index (κ3) is 2.35. The number of rotatable bonds is 4. The maximum atomic E-state index is 10.5. The van der Waals surface area contributed by atoms with Gasteiger partial charge in [0.15, 0.2) is 0 Å². The van der Waals surface area contributed by atoms with Gasteiger partial charge < -0.3 is 14.9 Å². The van der Waals surface area contributed by atoms with Crippen molar-refractivity contribution in [3.8, 4) is 11.5 Å². The number of phenolic OH excluding ortho intramolecular Hbond substituents is 1. The summed E-state index contributed by atoms with van der Waals surface area (Å²) >= 11 is 0. The van der Waals surface area contributed by atoms with Gasteiger partial charge in [0.25, 0.3) is 0 Å². The first-order chi connectivity index (χ1) is 8.09. The van der Waals surface area contributed by atoms with Crippen LogP contribution in [0.1, 0.15) is 29.5 Å². The van der Waals surface area contributed by atoms with E-state index in [-0.39, 0.29) is 6.42 Å². The zero-order valence-electron chi connectivity index (χ0n) is 9.82. The van der Waals surface area contributed by atoms with Crippen molar-refractivity contribution in [1.82, 2.24) is 0 Å².